The molecule has 0 spiro atoms. The van der Waals surface area contributed by atoms with Crippen LogP contribution in [0.5, 0.6) is 0 Å². The van der Waals surface area contributed by atoms with E-state index in [1.807, 2.05) is 0 Å². The highest BCUT2D eigenvalue weighted by Gasteiger charge is 2.29. The normalized spacial score (nSPS) is 14.9. The molecule has 0 heterocycles. The fourth-order valence-corrected chi connectivity index (χ4v) is 1.52. The Morgan fingerprint density at radius 2 is 2.05 bits per heavy atom. The second kappa shape index (κ2) is 5.86. The lowest BCUT2D eigenvalue weighted by Crippen LogP contribution is -2.41. The standard InChI is InChI=1S/C13H17ClFNO3/c1-13(2,3)19-12(18)10(16)11(17)7-4-5-8(14)9(15)6-7/h4-6,10-11,17H,16H2,1-3H3. The molecule has 0 saturated carbocycles. The zero-order valence-electron chi connectivity index (χ0n) is 11.0. The van der Waals surface area contributed by atoms with Crippen LogP contribution in [0.15, 0.2) is 18.2 Å². The Labute approximate surface area is 116 Å². The van der Waals surface area contributed by atoms with Gasteiger partial charge in [0.15, 0.2) is 0 Å². The lowest BCUT2D eigenvalue weighted by Gasteiger charge is -2.24. The van der Waals surface area contributed by atoms with E-state index in [1.165, 1.54) is 12.1 Å². The van der Waals surface area contributed by atoms with Crippen LogP contribution in [0.1, 0.15) is 32.4 Å². The molecule has 0 saturated heterocycles. The van der Waals surface area contributed by atoms with Crippen LogP contribution in [-0.2, 0) is 9.53 Å². The molecule has 19 heavy (non-hydrogen) atoms. The topological polar surface area (TPSA) is 72.5 Å². The number of esters is 1. The van der Waals surface area contributed by atoms with E-state index in [0.717, 1.165) is 6.07 Å². The molecule has 1 aromatic rings. The number of hydrogen-bond acceptors (Lipinski definition) is 4. The molecule has 2 atom stereocenters. The summed E-state index contributed by atoms with van der Waals surface area (Å²) in [6.45, 7) is 5.06. The second-order valence-electron chi connectivity index (χ2n) is 5.18. The number of aliphatic hydroxyl groups is 1. The van der Waals surface area contributed by atoms with Crippen molar-refractivity contribution in [3.63, 3.8) is 0 Å². The van der Waals surface area contributed by atoms with Gasteiger partial charge >= 0.3 is 5.97 Å². The van der Waals surface area contributed by atoms with E-state index < -0.39 is 29.5 Å². The SMILES string of the molecule is CC(C)(C)OC(=O)C(N)C(O)c1ccc(Cl)c(F)c1. The number of ether oxygens (including phenoxy) is 1. The number of nitrogens with two attached hydrogens (primary N) is 1. The lowest BCUT2D eigenvalue weighted by atomic mass is 10.0. The summed E-state index contributed by atoms with van der Waals surface area (Å²) in [6.07, 6.45) is -1.36. The minimum Gasteiger partial charge on any atom is -0.459 e. The zero-order chi connectivity index (χ0) is 14.8. The Morgan fingerprint density at radius 3 is 2.53 bits per heavy atom. The molecule has 0 amide bonds. The van der Waals surface area contributed by atoms with E-state index in [9.17, 15) is 14.3 Å². The van der Waals surface area contributed by atoms with Crippen LogP contribution in [0.25, 0.3) is 0 Å². The summed E-state index contributed by atoms with van der Waals surface area (Å²) in [5.74, 6) is -1.44. The molecule has 0 fully saturated rings. The molecule has 0 aliphatic heterocycles. The molecule has 0 bridgehead atoms. The van der Waals surface area contributed by atoms with Crippen LogP contribution < -0.4 is 5.73 Å². The molecular weight excluding hydrogens is 273 g/mol. The summed E-state index contributed by atoms with van der Waals surface area (Å²) < 4.78 is 18.3. The van der Waals surface area contributed by atoms with Crippen molar-refractivity contribution >= 4 is 17.6 Å². The summed E-state index contributed by atoms with van der Waals surface area (Å²) in [5.41, 5.74) is 5.07. The molecule has 1 aromatic carbocycles. The van der Waals surface area contributed by atoms with E-state index in [4.69, 9.17) is 22.1 Å². The highest BCUT2D eigenvalue weighted by Crippen LogP contribution is 2.23. The van der Waals surface area contributed by atoms with Crippen LogP contribution in [0, 0.1) is 5.82 Å². The third kappa shape index (κ3) is 4.45. The van der Waals surface area contributed by atoms with Crippen molar-refractivity contribution in [1.29, 1.82) is 0 Å². The summed E-state index contributed by atoms with van der Waals surface area (Å²) >= 11 is 5.54. The van der Waals surface area contributed by atoms with Gasteiger partial charge < -0.3 is 15.6 Å². The van der Waals surface area contributed by atoms with E-state index >= 15 is 0 Å². The van der Waals surface area contributed by atoms with Gasteiger partial charge in [-0.2, -0.15) is 0 Å². The minimum absolute atomic E-state index is 0.0678. The molecule has 1 rings (SSSR count). The maximum Gasteiger partial charge on any atom is 0.326 e. The van der Waals surface area contributed by atoms with E-state index in [0.29, 0.717) is 0 Å². The van der Waals surface area contributed by atoms with Crippen molar-refractivity contribution in [2.75, 3.05) is 0 Å². The van der Waals surface area contributed by atoms with Gasteiger partial charge in [0, 0.05) is 0 Å². The van der Waals surface area contributed by atoms with Gasteiger partial charge in [-0.3, -0.25) is 4.79 Å². The average molecular weight is 290 g/mol. The minimum atomic E-state index is -1.36. The van der Waals surface area contributed by atoms with Gasteiger partial charge in [-0.05, 0) is 38.5 Å². The number of carbonyl (C=O) groups excluding carboxylic acids is 1. The second-order valence-corrected chi connectivity index (χ2v) is 5.58. The summed E-state index contributed by atoms with van der Waals surface area (Å²) in [5, 5.41) is 9.87. The van der Waals surface area contributed by atoms with Gasteiger partial charge in [-0.1, -0.05) is 17.7 Å². The summed E-state index contributed by atoms with van der Waals surface area (Å²) in [4.78, 5) is 11.7. The molecular formula is C13H17ClFNO3. The molecule has 0 aromatic heterocycles. The predicted octanol–water partition coefficient (Wildman–Crippen LogP) is 2.18. The van der Waals surface area contributed by atoms with E-state index in [1.54, 1.807) is 20.8 Å². The van der Waals surface area contributed by atoms with Crippen molar-refractivity contribution in [3.8, 4) is 0 Å². The van der Waals surface area contributed by atoms with Crippen molar-refractivity contribution in [1.82, 2.24) is 0 Å². The van der Waals surface area contributed by atoms with Crippen molar-refractivity contribution < 1.29 is 19.0 Å². The van der Waals surface area contributed by atoms with Gasteiger partial charge in [0.2, 0.25) is 0 Å². The molecule has 4 nitrogen and oxygen atoms in total. The van der Waals surface area contributed by atoms with Crippen molar-refractivity contribution in [2.24, 2.45) is 5.73 Å². The van der Waals surface area contributed by atoms with Crippen LogP contribution in [0.4, 0.5) is 4.39 Å². The number of halogens is 2. The number of benzene rings is 1. The zero-order valence-corrected chi connectivity index (χ0v) is 11.7. The fraction of sp³-hybridized carbons (Fsp3) is 0.462. The molecule has 6 heteroatoms. The van der Waals surface area contributed by atoms with Gasteiger partial charge in [0.1, 0.15) is 23.6 Å². The fourth-order valence-electron chi connectivity index (χ4n) is 1.40. The van der Waals surface area contributed by atoms with Crippen LogP contribution in [0.2, 0.25) is 5.02 Å². The van der Waals surface area contributed by atoms with Crippen LogP contribution in [-0.4, -0.2) is 22.7 Å². The Morgan fingerprint density at radius 1 is 1.47 bits per heavy atom. The van der Waals surface area contributed by atoms with E-state index in [2.05, 4.69) is 0 Å². The van der Waals surface area contributed by atoms with Crippen LogP contribution >= 0.6 is 11.6 Å². The molecule has 0 aliphatic rings. The Bertz CT molecular complexity index is 473. The highest BCUT2D eigenvalue weighted by molar-refractivity contribution is 6.30. The maximum absolute atomic E-state index is 13.3. The smallest absolute Gasteiger partial charge is 0.326 e. The molecule has 0 aliphatic carbocycles. The van der Waals surface area contributed by atoms with Gasteiger partial charge in [0.25, 0.3) is 0 Å². The van der Waals surface area contributed by atoms with Gasteiger partial charge in [-0.25, -0.2) is 4.39 Å². The van der Waals surface area contributed by atoms with Crippen LogP contribution in [0.3, 0.4) is 0 Å². The molecule has 3 N–H and O–H groups in total. The third-order valence-electron chi connectivity index (χ3n) is 2.30. The first-order valence-corrected chi connectivity index (χ1v) is 6.11. The quantitative estimate of drug-likeness (QED) is 0.837. The van der Waals surface area contributed by atoms with Crippen molar-refractivity contribution in [3.05, 3.63) is 34.6 Å². The first-order valence-electron chi connectivity index (χ1n) is 5.73. The van der Waals surface area contributed by atoms with Gasteiger partial charge in [-0.15, -0.1) is 0 Å². The Hall–Kier alpha value is -1.17. The first kappa shape index (κ1) is 15.9. The molecule has 2 unspecified atom stereocenters. The molecule has 106 valence electrons. The third-order valence-corrected chi connectivity index (χ3v) is 2.61. The van der Waals surface area contributed by atoms with Crippen molar-refractivity contribution in [2.45, 2.75) is 38.5 Å². The first-order chi connectivity index (χ1) is 8.61. The Balaban J connectivity index is 2.84. The Kier molecular flexibility index (Phi) is 4.90. The summed E-state index contributed by atoms with van der Waals surface area (Å²) in [7, 11) is 0. The number of rotatable bonds is 3. The van der Waals surface area contributed by atoms with E-state index in [-0.39, 0.29) is 10.6 Å². The number of carbonyl (C=O) groups is 1. The average Bonchev–Trinajstić information content (AvgIpc) is 2.28. The number of hydrogen-bond donors (Lipinski definition) is 2. The predicted molar refractivity (Wildman–Crippen MR) is 70.2 cm³/mol. The monoisotopic (exact) mass is 289 g/mol. The number of aliphatic hydroxyl groups excluding tert-OH is 1. The molecule has 0 radical (unpaired) electrons. The largest absolute Gasteiger partial charge is 0.459 e. The lowest BCUT2D eigenvalue weighted by molar-refractivity contribution is -0.159. The highest BCUT2D eigenvalue weighted by atomic mass is 35.5. The van der Waals surface area contributed by atoms with Gasteiger partial charge in [0.05, 0.1) is 5.02 Å². The maximum atomic E-state index is 13.3. The summed E-state index contributed by atoms with van der Waals surface area (Å²) in [6, 6.07) is 2.44.